The van der Waals surface area contributed by atoms with Gasteiger partial charge in [0.25, 0.3) is 11.2 Å². The number of nitrogens with one attached hydrogen (secondary N) is 1. The summed E-state index contributed by atoms with van der Waals surface area (Å²) in [5.74, 6) is -0.669. The summed E-state index contributed by atoms with van der Waals surface area (Å²) in [5, 5.41) is 20.6. The lowest BCUT2D eigenvalue weighted by atomic mass is 9.84. The first kappa shape index (κ1) is 17.2. The van der Waals surface area contributed by atoms with Crippen LogP contribution in [0.5, 0.6) is 5.75 Å². The second-order valence-electron chi connectivity index (χ2n) is 5.93. The first-order valence-corrected chi connectivity index (χ1v) is 8.04. The highest BCUT2D eigenvalue weighted by Crippen LogP contribution is 2.40. The number of H-pyrrole nitrogens is 1. The van der Waals surface area contributed by atoms with Crippen LogP contribution in [0.25, 0.3) is 0 Å². The highest BCUT2D eigenvalue weighted by Gasteiger charge is 2.34. The summed E-state index contributed by atoms with van der Waals surface area (Å²) >= 11 is 0. The average Bonchev–Trinajstić information content (AvgIpc) is 2.60. The van der Waals surface area contributed by atoms with Gasteiger partial charge in [0.1, 0.15) is 17.4 Å². The maximum absolute atomic E-state index is 12.7. The second-order valence-corrected chi connectivity index (χ2v) is 5.93. The Labute approximate surface area is 148 Å². The van der Waals surface area contributed by atoms with Gasteiger partial charge in [-0.25, -0.2) is 0 Å². The van der Waals surface area contributed by atoms with Gasteiger partial charge in [-0.15, -0.1) is 0 Å². The molecule has 0 saturated heterocycles. The van der Waals surface area contributed by atoms with E-state index in [4.69, 9.17) is 10.5 Å². The Morgan fingerprint density at radius 3 is 2.85 bits per heavy atom. The van der Waals surface area contributed by atoms with E-state index < -0.39 is 16.4 Å². The highest BCUT2D eigenvalue weighted by atomic mass is 16.6. The Morgan fingerprint density at radius 2 is 2.19 bits per heavy atom. The molecule has 0 fully saturated rings. The maximum atomic E-state index is 12.7. The molecule has 0 bridgehead atoms. The molecule has 1 aliphatic heterocycles. The van der Waals surface area contributed by atoms with Crippen LogP contribution in [0.4, 0.5) is 5.69 Å². The summed E-state index contributed by atoms with van der Waals surface area (Å²) in [4.78, 5) is 26.0. The average molecular weight is 352 g/mol. The molecule has 1 unspecified atom stereocenters. The first-order valence-electron chi connectivity index (χ1n) is 8.04. The molecule has 0 amide bonds. The van der Waals surface area contributed by atoms with Crippen molar-refractivity contribution in [3.8, 4) is 11.8 Å². The Balaban J connectivity index is 2.25. The molecule has 0 spiro atoms. The Bertz CT molecular complexity index is 1020. The topological polar surface area (TPSA) is 135 Å². The summed E-state index contributed by atoms with van der Waals surface area (Å²) < 4.78 is 5.51. The van der Waals surface area contributed by atoms with Crippen LogP contribution in [0.3, 0.4) is 0 Å². The molecule has 132 valence electrons. The molecule has 1 aliphatic rings. The number of aryl methyl sites for hydroxylation is 1. The van der Waals surface area contributed by atoms with Crippen molar-refractivity contribution in [2.24, 2.45) is 5.73 Å². The van der Waals surface area contributed by atoms with Crippen LogP contribution in [0.1, 0.15) is 36.1 Å². The predicted octanol–water partition coefficient (Wildman–Crippen LogP) is 2.45. The number of hydrogen-bond donors (Lipinski definition) is 2. The number of aromatic nitrogens is 1. The summed E-state index contributed by atoms with van der Waals surface area (Å²) in [7, 11) is 0. The molecule has 1 aromatic heterocycles. The van der Waals surface area contributed by atoms with Gasteiger partial charge in [0, 0.05) is 23.9 Å². The number of nitro groups is 1. The number of non-ortho nitro benzene ring substituents is 1. The molecular formula is C18H16N4O4. The molecule has 0 aliphatic carbocycles. The van der Waals surface area contributed by atoms with Crippen molar-refractivity contribution in [2.75, 3.05) is 0 Å². The van der Waals surface area contributed by atoms with Gasteiger partial charge < -0.3 is 15.5 Å². The molecule has 3 N–H and O–H groups in total. The van der Waals surface area contributed by atoms with Crippen molar-refractivity contribution < 1.29 is 9.66 Å². The zero-order chi connectivity index (χ0) is 18.8. The smallest absolute Gasteiger partial charge is 0.269 e. The van der Waals surface area contributed by atoms with E-state index in [1.54, 1.807) is 12.1 Å². The zero-order valence-corrected chi connectivity index (χ0v) is 14.0. The molecule has 3 rings (SSSR count). The van der Waals surface area contributed by atoms with Crippen LogP contribution in [0.2, 0.25) is 0 Å². The molecule has 1 atom stereocenters. The van der Waals surface area contributed by atoms with E-state index in [0.717, 1.165) is 6.42 Å². The Kier molecular flexibility index (Phi) is 4.45. The normalized spacial score (nSPS) is 15.8. The number of nitrogens with zero attached hydrogens (tertiary/aromatic N) is 2. The SMILES string of the molecule is CCCc1cc2c(c(=O)[nH]1)C(c1cccc([N+](=O)[O-])c1)C(C#N)=C(N)O2. The number of ether oxygens (including phenoxy) is 1. The van der Waals surface area contributed by atoms with Crippen LogP contribution >= 0.6 is 0 Å². The Morgan fingerprint density at radius 1 is 1.42 bits per heavy atom. The number of allylic oxidation sites excluding steroid dienone is 1. The van der Waals surface area contributed by atoms with Gasteiger partial charge in [0.05, 0.1) is 16.4 Å². The van der Waals surface area contributed by atoms with Crippen LogP contribution in [0.15, 0.2) is 46.6 Å². The summed E-state index contributed by atoms with van der Waals surface area (Å²) in [6.45, 7) is 1.98. The molecule has 0 radical (unpaired) electrons. The van der Waals surface area contributed by atoms with E-state index in [1.807, 2.05) is 13.0 Å². The third kappa shape index (κ3) is 2.91. The van der Waals surface area contributed by atoms with E-state index >= 15 is 0 Å². The van der Waals surface area contributed by atoms with Gasteiger partial charge in [-0.05, 0) is 12.0 Å². The molecule has 8 nitrogen and oxygen atoms in total. The first-order chi connectivity index (χ1) is 12.5. The highest BCUT2D eigenvalue weighted by molar-refractivity contribution is 5.56. The number of nitriles is 1. The number of rotatable bonds is 4. The van der Waals surface area contributed by atoms with E-state index in [-0.39, 0.29) is 28.5 Å². The molecule has 2 heterocycles. The molecule has 2 aromatic rings. The monoisotopic (exact) mass is 352 g/mol. The molecule has 1 aromatic carbocycles. The third-order valence-corrected chi connectivity index (χ3v) is 4.21. The summed E-state index contributed by atoms with van der Waals surface area (Å²) in [6, 6.07) is 9.46. The second kappa shape index (κ2) is 6.72. The van der Waals surface area contributed by atoms with Gasteiger partial charge in [-0.3, -0.25) is 14.9 Å². The summed E-state index contributed by atoms with van der Waals surface area (Å²) in [6.07, 6.45) is 1.49. The fourth-order valence-corrected chi connectivity index (χ4v) is 3.09. The van der Waals surface area contributed by atoms with Crippen LogP contribution in [-0.4, -0.2) is 9.91 Å². The van der Waals surface area contributed by atoms with Crippen LogP contribution in [0, 0.1) is 21.4 Å². The van der Waals surface area contributed by atoms with Crippen molar-refractivity contribution in [2.45, 2.75) is 25.7 Å². The fraction of sp³-hybridized carbons (Fsp3) is 0.222. The fourth-order valence-electron chi connectivity index (χ4n) is 3.09. The van der Waals surface area contributed by atoms with E-state index in [0.29, 0.717) is 17.7 Å². The standard InChI is InChI=1S/C18H16N4O4/c1-2-4-11-8-14-16(18(23)21-11)15(13(9-19)17(20)26-14)10-5-3-6-12(7-10)22(24)25/h3,5-8,15H,2,4,20H2,1H3,(H,21,23). The zero-order valence-electron chi connectivity index (χ0n) is 14.0. The van der Waals surface area contributed by atoms with Crippen LogP contribution in [-0.2, 0) is 6.42 Å². The maximum Gasteiger partial charge on any atom is 0.269 e. The van der Waals surface area contributed by atoms with E-state index in [1.165, 1.54) is 18.2 Å². The third-order valence-electron chi connectivity index (χ3n) is 4.21. The molecule has 8 heteroatoms. The number of nitro benzene ring substituents is 1. The molecule has 26 heavy (non-hydrogen) atoms. The van der Waals surface area contributed by atoms with Gasteiger partial charge in [0.2, 0.25) is 5.88 Å². The largest absolute Gasteiger partial charge is 0.440 e. The van der Waals surface area contributed by atoms with Crippen molar-refractivity contribution in [3.05, 3.63) is 79.1 Å². The number of pyridine rings is 1. The minimum atomic E-state index is -0.830. The number of fused-ring (bicyclic) bond motifs is 1. The minimum absolute atomic E-state index is 0.0479. The minimum Gasteiger partial charge on any atom is -0.440 e. The molecule has 0 saturated carbocycles. The number of aromatic amines is 1. The van der Waals surface area contributed by atoms with Crippen molar-refractivity contribution in [1.82, 2.24) is 4.98 Å². The van der Waals surface area contributed by atoms with E-state index in [2.05, 4.69) is 4.98 Å². The number of hydrogen-bond acceptors (Lipinski definition) is 6. The predicted molar refractivity (Wildman–Crippen MR) is 93.5 cm³/mol. The van der Waals surface area contributed by atoms with Crippen molar-refractivity contribution >= 4 is 5.69 Å². The lowest BCUT2D eigenvalue weighted by Crippen LogP contribution is -2.28. The van der Waals surface area contributed by atoms with Gasteiger partial charge in [-0.2, -0.15) is 5.26 Å². The van der Waals surface area contributed by atoms with Crippen molar-refractivity contribution in [3.63, 3.8) is 0 Å². The lowest BCUT2D eigenvalue weighted by Gasteiger charge is -2.25. The van der Waals surface area contributed by atoms with Crippen molar-refractivity contribution in [1.29, 1.82) is 5.26 Å². The van der Waals surface area contributed by atoms with Gasteiger partial charge >= 0.3 is 0 Å². The van der Waals surface area contributed by atoms with E-state index in [9.17, 15) is 20.2 Å². The summed E-state index contributed by atoms with van der Waals surface area (Å²) in [5.41, 5.74) is 6.75. The number of benzene rings is 1. The van der Waals surface area contributed by atoms with Gasteiger partial charge in [0.15, 0.2) is 0 Å². The Hall–Kier alpha value is -3.60. The number of nitrogens with two attached hydrogens (primary N) is 1. The lowest BCUT2D eigenvalue weighted by molar-refractivity contribution is -0.384. The molecular weight excluding hydrogens is 336 g/mol. The van der Waals surface area contributed by atoms with Crippen LogP contribution < -0.4 is 16.0 Å². The van der Waals surface area contributed by atoms with Gasteiger partial charge in [-0.1, -0.05) is 25.5 Å². The quantitative estimate of drug-likeness (QED) is 0.641.